The molecular formula is C13H19N3O2. The van der Waals surface area contributed by atoms with Gasteiger partial charge in [-0.05, 0) is 30.7 Å². The van der Waals surface area contributed by atoms with E-state index in [1.165, 1.54) is 19.0 Å². The highest BCUT2D eigenvalue weighted by atomic mass is 16.6. The molecule has 1 aliphatic carbocycles. The lowest BCUT2D eigenvalue weighted by atomic mass is 9.93. The Morgan fingerprint density at radius 2 is 2.33 bits per heavy atom. The Bertz CT molecular complexity index is 436. The molecule has 1 aliphatic rings. The summed E-state index contributed by atoms with van der Waals surface area (Å²) in [5, 5.41) is 14.2. The maximum absolute atomic E-state index is 10.9. The van der Waals surface area contributed by atoms with Crippen LogP contribution in [0.1, 0.15) is 33.1 Å². The molecule has 0 spiro atoms. The van der Waals surface area contributed by atoms with E-state index in [1.54, 1.807) is 12.3 Å². The summed E-state index contributed by atoms with van der Waals surface area (Å²) in [4.78, 5) is 14.4. The van der Waals surface area contributed by atoms with Crippen molar-refractivity contribution in [3.63, 3.8) is 0 Å². The van der Waals surface area contributed by atoms with Crippen molar-refractivity contribution in [2.45, 2.75) is 39.2 Å². The predicted molar refractivity (Wildman–Crippen MR) is 70.5 cm³/mol. The van der Waals surface area contributed by atoms with E-state index < -0.39 is 0 Å². The molecule has 3 unspecified atom stereocenters. The molecule has 2 rings (SSSR count). The van der Waals surface area contributed by atoms with Gasteiger partial charge in [0.05, 0.1) is 4.92 Å². The van der Waals surface area contributed by atoms with Gasteiger partial charge in [-0.2, -0.15) is 0 Å². The van der Waals surface area contributed by atoms with Gasteiger partial charge in [-0.15, -0.1) is 0 Å². The van der Waals surface area contributed by atoms with E-state index in [-0.39, 0.29) is 10.6 Å². The van der Waals surface area contributed by atoms with Crippen molar-refractivity contribution in [2.75, 3.05) is 5.32 Å². The van der Waals surface area contributed by atoms with Gasteiger partial charge in [0.15, 0.2) is 0 Å². The van der Waals surface area contributed by atoms with Crippen molar-refractivity contribution < 1.29 is 4.92 Å². The van der Waals surface area contributed by atoms with Crippen molar-refractivity contribution >= 4 is 11.4 Å². The maximum atomic E-state index is 10.9. The average Bonchev–Trinajstić information content (AvgIpc) is 2.71. The third-order valence-corrected chi connectivity index (χ3v) is 4.09. The molecule has 18 heavy (non-hydrogen) atoms. The Kier molecular flexibility index (Phi) is 3.79. The second-order valence-electron chi connectivity index (χ2n) is 5.01. The average molecular weight is 249 g/mol. The molecule has 1 N–H and O–H groups in total. The van der Waals surface area contributed by atoms with Gasteiger partial charge in [0.1, 0.15) is 11.9 Å². The fourth-order valence-electron chi connectivity index (χ4n) is 2.88. The summed E-state index contributed by atoms with van der Waals surface area (Å²) in [6.45, 7) is 4.43. The molecule has 0 radical (unpaired) electrons. The van der Waals surface area contributed by atoms with E-state index in [1.807, 2.05) is 0 Å². The first-order chi connectivity index (χ1) is 8.63. The van der Waals surface area contributed by atoms with Crippen LogP contribution >= 0.6 is 0 Å². The van der Waals surface area contributed by atoms with Crippen molar-refractivity contribution in [1.29, 1.82) is 0 Å². The van der Waals surface area contributed by atoms with E-state index in [2.05, 4.69) is 24.1 Å². The summed E-state index contributed by atoms with van der Waals surface area (Å²) in [7, 11) is 0. The molecule has 1 aromatic rings. The first-order valence-corrected chi connectivity index (χ1v) is 6.48. The van der Waals surface area contributed by atoms with Gasteiger partial charge in [-0.3, -0.25) is 15.1 Å². The maximum Gasteiger partial charge on any atom is 0.310 e. The summed E-state index contributed by atoms with van der Waals surface area (Å²) >= 11 is 0. The highest BCUT2D eigenvalue weighted by molar-refractivity contribution is 5.60. The van der Waals surface area contributed by atoms with Crippen LogP contribution in [0.2, 0.25) is 0 Å². The zero-order chi connectivity index (χ0) is 13.1. The molecule has 0 saturated heterocycles. The van der Waals surface area contributed by atoms with Gasteiger partial charge >= 0.3 is 5.69 Å². The summed E-state index contributed by atoms with van der Waals surface area (Å²) < 4.78 is 0. The molecule has 3 atom stereocenters. The van der Waals surface area contributed by atoms with E-state index in [4.69, 9.17) is 0 Å². The summed E-state index contributed by atoms with van der Waals surface area (Å²) in [5.41, 5.74) is 0.647. The lowest BCUT2D eigenvalue weighted by molar-refractivity contribution is -0.384. The number of hydrogen-bond acceptors (Lipinski definition) is 4. The van der Waals surface area contributed by atoms with E-state index >= 15 is 0 Å². The van der Waals surface area contributed by atoms with Crippen LogP contribution < -0.4 is 5.32 Å². The Morgan fingerprint density at radius 3 is 2.94 bits per heavy atom. The third kappa shape index (κ3) is 2.44. The SMILES string of the molecule is CCC1CCC(Nc2ccncc2[N+](=O)[O-])C1C. The van der Waals surface area contributed by atoms with Crippen LogP contribution in [0.25, 0.3) is 0 Å². The van der Waals surface area contributed by atoms with Gasteiger partial charge in [-0.25, -0.2) is 0 Å². The number of anilines is 1. The van der Waals surface area contributed by atoms with Gasteiger partial charge in [0, 0.05) is 12.2 Å². The Morgan fingerprint density at radius 1 is 1.56 bits per heavy atom. The van der Waals surface area contributed by atoms with Crippen molar-refractivity contribution in [3.05, 3.63) is 28.6 Å². The first kappa shape index (κ1) is 12.8. The fraction of sp³-hybridized carbons (Fsp3) is 0.615. The topological polar surface area (TPSA) is 68.1 Å². The highest BCUT2D eigenvalue weighted by Crippen LogP contribution is 2.36. The molecule has 1 heterocycles. The molecular weight excluding hydrogens is 230 g/mol. The number of nitro groups is 1. The van der Waals surface area contributed by atoms with E-state index in [0.717, 1.165) is 12.3 Å². The summed E-state index contributed by atoms with van der Waals surface area (Å²) in [5.74, 6) is 1.28. The Balaban J connectivity index is 2.13. The molecule has 1 fully saturated rings. The van der Waals surface area contributed by atoms with E-state index in [0.29, 0.717) is 17.6 Å². The van der Waals surface area contributed by atoms with Crippen LogP contribution in [-0.4, -0.2) is 15.9 Å². The lowest BCUT2D eigenvalue weighted by Gasteiger charge is -2.21. The highest BCUT2D eigenvalue weighted by Gasteiger charge is 2.32. The van der Waals surface area contributed by atoms with Crippen molar-refractivity contribution in [1.82, 2.24) is 4.98 Å². The minimum Gasteiger partial charge on any atom is -0.376 e. The number of rotatable bonds is 4. The van der Waals surface area contributed by atoms with Crippen LogP contribution in [0.3, 0.4) is 0 Å². The number of hydrogen-bond donors (Lipinski definition) is 1. The van der Waals surface area contributed by atoms with Crippen LogP contribution in [0.5, 0.6) is 0 Å². The van der Waals surface area contributed by atoms with Crippen molar-refractivity contribution in [3.8, 4) is 0 Å². The summed E-state index contributed by atoms with van der Waals surface area (Å²) in [6, 6.07) is 2.01. The summed E-state index contributed by atoms with van der Waals surface area (Å²) in [6.07, 6.45) is 6.36. The molecule has 0 bridgehead atoms. The number of pyridine rings is 1. The molecule has 1 aromatic heterocycles. The van der Waals surface area contributed by atoms with E-state index in [9.17, 15) is 10.1 Å². The normalized spacial score (nSPS) is 27.1. The smallest absolute Gasteiger partial charge is 0.310 e. The third-order valence-electron chi connectivity index (χ3n) is 4.09. The largest absolute Gasteiger partial charge is 0.376 e. The van der Waals surface area contributed by atoms with Crippen LogP contribution in [0.15, 0.2) is 18.5 Å². The van der Waals surface area contributed by atoms with Gasteiger partial charge in [0.2, 0.25) is 0 Å². The van der Waals surface area contributed by atoms with Crippen LogP contribution in [0.4, 0.5) is 11.4 Å². The van der Waals surface area contributed by atoms with Crippen molar-refractivity contribution in [2.24, 2.45) is 11.8 Å². The van der Waals surface area contributed by atoms with Gasteiger partial charge in [-0.1, -0.05) is 20.3 Å². The second-order valence-corrected chi connectivity index (χ2v) is 5.01. The van der Waals surface area contributed by atoms with Gasteiger partial charge in [0.25, 0.3) is 0 Å². The zero-order valence-electron chi connectivity index (χ0n) is 10.8. The lowest BCUT2D eigenvalue weighted by Crippen LogP contribution is -2.25. The minimum absolute atomic E-state index is 0.0599. The van der Waals surface area contributed by atoms with Crippen LogP contribution in [-0.2, 0) is 0 Å². The van der Waals surface area contributed by atoms with Gasteiger partial charge < -0.3 is 5.32 Å². The molecule has 0 aromatic carbocycles. The zero-order valence-corrected chi connectivity index (χ0v) is 10.8. The predicted octanol–water partition coefficient (Wildman–Crippen LogP) is 3.23. The second kappa shape index (κ2) is 5.33. The Labute approximate surface area is 107 Å². The first-order valence-electron chi connectivity index (χ1n) is 6.48. The number of nitrogens with zero attached hydrogens (tertiary/aromatic N) is 2. The standard InChI is InChI=1S/C13H19N3O2/c1-3-10-4-5-11(9(10)2)15-12-6-7-14-8-13(12)16(17)18/h6-11H,3-5H2,1-2H3,(H,14,15). The Hall–Kier alpha value is -1.65. The monoisotopic (exact) mass is 249 g/mol. The molecule has 98 valence electrons. The number of nitrogens with one attached hydrogen (secondary N) is 1. The molecule has 0 amide bonds. The molecule has 0 aliphatic heterocycles. The molecule has 5 nitrogen and oxygen atoms in total. The quantitative estimate of drug-likeness (QED) is 0.657. The van der Waals surface area contributed by atoms with Crippen LogP contribution in [0, 0.1) is 22.0 Å². The fourth-order valence-corrected chi connectivity index (χ4v) is 2.88. The number of aromatic nitrogens is 1. The molecule has 5 heteroatoms. The molecule has 1 saturated carbocycles. The minimum atomic E-state index is -0.383.